The van der Waals surface area contributed by atoms with E-state index >= 15 is 0 Å². The standard InChI is InChI=1S/C12H23F3N2/c1-10(11-4-3-6-16-8-11)5-7-17(2)9-12(13,14)15/h10-11,16H,3-9H2,1-2H3. The largest absolute Gasteiger partial charge is 0.401 e. The van der Waals surface area contributed by atoms with Gasteiger partial charge < -0.3 is 5.32 Å². The summed E-state index contributed by atoms with van der Waals surface area (Å²) in [5.74, 6) is 1.13. The number of rotatable bonds is 5. The Bertz CT molecular complexity index is 212. The Morgan fingerprint density at radius 3 is 2.65 bits per heavy atom. The van der Waals surface area contributed by atoms with E-state index in [0.29, 0.717) is 18.4 Å². The van der Waals surface area contributed by atoms with Crippen LogP contribution in [0.4, 0.5) is 13.2 Å². The third-order valence-electron chi connectivity index (χ3n) is 3.56. The number of nitrogens with zero attached hydrogens (tertiary/aromatic N) is 1. The lowest BCUT2D eigenvalue weighted by Gasteiger charge is -2.29. The summed E-state index contributed by atoms with van der Waals surface area (Å²) < 4.78 is 36.4. The van der Waals surface area contributed by atoms with Crippen LogP contribution in [-0.4, -0.2) is 44.3 Å². The van der Waals surface area contributed by atoms with Crippen LogP contribution in [0.25, 0.3) is 0 Å². The van der Waals surface area contributed by atoms with Crippen LogP contribution >= 0.6 is 0 Å². The zero-order valence-electron chi connectivity index (χ0n) is 10.7. The molecule has 1 fully saturated rings. The fourth-order valence-electron chi connectivity index (χ4n) is 2.41. The topological polar surface area (TPSA) is 15.3 Å². The van der Waals surface area contributed by atoms with E-state index in [1.807, 2.05) is 0 Å². The maximum absolute atomic E-state index is 12.1. The second-order valence-electron chi connectivity index (χ2n) is 5.23. The van der Waals surface area contributed by atoms with E-state index < -0.39 is 12.7 Å². The van der Waals surface area contributed by atoms with Crippen molar-refractivity contribution in [2.45, 2.75) is 32.4 Å². The van der Waals surface area contributed by atoms with Crippen molar-refractivity contribution in [1.82, 2.24) is 10.2 Å². The number of halogens is 3. The predicted octanol–water partition coefficient (Wildman–Crippen LogP) is 2.51. The van der Waals surface area contributed by atoms with E-state index in [4.69, 9.17) is 0 Å². The molecule has 0 amide bonds. The van der Waals surface area contributed by atoms with Crippen LogP contribution in [0, 0.1) is 11.8 Å². The molecular formula is C12H23F3N2. The molecule has 0 radical (unpaired) electrons. The molecule has 1 aliphatic heterocycles. The van der Waals surface area contributed by atoms with Gasteiger partial charge in [0.05, 0.1) is 6.54 Å². The van der Waals surface area contributed by atoms with Crippen LogP contribution in [0.15, 0.2) is 0 Å². The first-order chi connectivity index (χ1) is 7.88. The van der Waals surface area contributed by atoms with E-state index in [9.17, 15) is 13.2 Å². The average molecular weight is 252 g/mol. The van der Waals surface area contributed by atoms with Gasteiger partial charge in [-0.3, -0.25) is 4.90 Å². The summed E-state index contributed by atoms with van der Waals surface area (Å²) >= 11 is 0. The van der Waals surface area contributed by atoms with Gasteiger partial charge in [-0.05, 0) is 57.8 Å². The van der Waals surface area contributed by atoms with Gasteiger partial charge in [0, 0.05) is 0 Å². The molecule has 5 heteroatoms. The summed E-state index contributed by atoms with van der Waals surface area (Å²) in [6.45, 7) is 3.97. The Hall–Kier alpha value is -0.290. The van der Waals surface area contributed by atoms with Crippen molar-refractivity contribution in [2.24, 2.45) is 11.8 Å². The maximum Gasteiger partial charge on any atom is 0.401 e. The average Bonchev–Trinajstić information content (AvgIpc) is 2.25. The van der Waals surface area contributed by atoms with Crippen molar-refractivity contribution in [3.8, 4) is 0 Å². The minimum atomic E-state index is -4.08. The molecule has 1 rings (SSSR count). The Labute approximate surface area is 102 Å². The SMILES string of the molecule is CC(CCN(C)CC(F)(F)F)C1CCCNC1. The van der Waals surface area contributed by atoms with E-state index in [0.717, 1.165) is 19.5 Å². The quantitative estimate of drug-likeness (QED) is 0.808. The summed E-state index contributed by atoms with van der Waals surface area (Å²) in [5, 5.41) is 3.35. The Morgan fingerprint density at radius 1 is 1.41 bits per heavy atom. The summed E-state index contributed by atoms with van der Waals surface area (Å²) in [5.41, 5.74) is 0. The molecule has 0 spiro atoms. The second-order valence-corrected chi connectivity index (χ2v) is 5.23. The van der Waals surface area contributed by atoms with Gasteiger partial charge in [0.15, 0.2) is 0 Å². The molecular weight excluding hydrogens is 229 g/mol. The molecule has 17 heavy (non-hydrogen) atoms. The first-order valence-corrected chi connectivity index (χ1v) is 6.34. The highest BCUT2D eigenvalue weighted by Gasteiger charge is 2.29. The molecule has 1 saturated heterocycles. The molecule has 0 aromatic rings. The normalized spacial score (nSPS) is 24.0. The monoisotopic (exact) mass is 252 g/mol. The van der Waals surface area contributed by atoms with Crippen molar-refractivity contribution in [3.05, 3.63) is 0 Å². The van der Waals surface area contributed by atoms with Crippen molar-refractivity contribution >= 4 is 0 Å². The van der Waals surface area contributed by atoms with Crippen LogP contribution in [0.1, 0.15) is 26.2 Å². The third kappa shape index (κ3) is 6.27. The Kier molecular flexibility index (Phi) is 5.73. The molecule has 1 N–H and O–H groups in total. The highest BCUT2D eigenvalue weighted by Crippen LogP contribution is 2.23. The smallest absolute Gasteiger partial charge is 0.316 e. The molecule has 102 valence electrons. The van der Waals surface area contributed by atoms with Gasteiger partial charge >= 0.3 is 6.18 Å². The molecule has 1 heterocycles. The van der Waals surface area contributed by atoms with E-state index in [1.165, 1.54) is 17.7 Å². The summed E-state index contributed by atoms with van der Waals surface area (Å²) in [7, 11) is 1.54. The van der Waals surface area contributed by atoms with E-state index in [2.05, 4.69) is 12.2 Å². The van der Waals surface area contributed by atoms with Gasteiger partial charge in [0.25, 0.3) is 0 Å². The maximum atomic E-state index is 12.1. The van der Waals surface area contributed by atoms with Crippen LogP contribution in [0.2, 0.25) is 0 Å². The lowest BCUT2D eigenvalue weighted by Crippen LogP contribution is -2.36. The van der Waals surface area contributed by atoms with Gasteiger partial charge in [-0.2, -0.15) is 13.2 Å². The minimum Gasteiger partial charge on any atom is -0.316 e. The molecule has 2 nitrogen and oxygen atoms in total. The van der Waals surface area contributed by atoms with Crippen molar-refractivity contribution in [2.75, 3.05) is 33.2 Å². The van der Waals surface area contributed by atoms with Gasteiger partial charge in [0.2, 0.25) is 0 Å². The van der Waals surface area contributed by atoms with Crippen LogP contribution in [-0.2, 0) is 0 Å². The minimum absolute atomic E-state index is 0.499. The van der Waals surface area contributed by atoms with Crippen molar-refractivity contribution < 1.29 is 13.2 Å². The highest BCUT2D eigenvalue weighted by molar-refractivity contribution is 4.74. The van der Waals surface area contributed by atoms with E-state index in [1.54, 1.807) is 7.05 Å². The van der Waals surface area contributed by atoms with Crippen molar-refractivity contribution in [1.29, 1.82) is 0 Å². The number of alkyl halides is 3. The van der Waals surface area contributed by atoms with E-state index in [-0.39, 0.29) is 0 Å². The number of hydrogen-bond donors (Lipinski definition) is 1. The molecule has 2 unspecified atom stereocenters. The van der Waals surface area contributed by atoms with Gasteiger partial charge in [-0.1, -0.05) is 6.92 Å². The first-order valence-electron chi connectivity index (χ1n) is 6.34. The lowest BCUT2D eigenvalue weighted by atomic mass is 9.85. The van der Waals surface area contributed by atoms with Crippen molar-refractivity contribution in [3.63, 3.8) is 0 Å². The fraction of sp³-hybridized carbons (Fsp3) is 1.00. The van der Waals surface area contributed by atoms with Crippen LogP contribution in [0.5, 0.6) is 0 Å². The summed E-state index contributed by atoms with van der Waals surface area (Å²) in [4.78, 5) is 1.37. The summed E-state index contributed by atoms with van der Waals surface area (Å²) in [6.07, 6.45) is -0.839. The van der Waals surface area contributed by atoms with Gasteiger partial charge in [-0.25, -0.2) is 0 Å². The number of piperidine rings is 1. The Morgan fingerprint density at radius 2 is 2.12 bits per heavy atom. The molecule has 2 atom stereocenters. The fourth-order valence-corrected chi connectivity index (χ4v) is 2.41. The lowest BCUT2D eigenvalue weighted by molar-refractivity contribution is -0.143. The zero-order chi connectivity index (χ0) is 12.9. The first kappa shape index (κ1) is 14.8. The second kappa shape index (κ2) is 6.59. The molecule has 0 aromatic carbocycles. The highest BCUT2D eigenvalue weighted by atomic mass is 19.4. The van der Waals surface area contributed by atoms with Gasteiger partial charge in [-0.15, -0.1) is 0 Å². The Balaban J connectivity index is 2.20. The molecule has 1 aliphatic rings. The number of nitrogens with one attached hydrogen (secondary N) is 1. The molecule has 0 aliphatic carbocycles. The molecule has 0 saturated carbocycles. The predicted molar refractivity (Wildman–Crippen MR) is 62.9 cm³/mol. The number of hydrogen-bond acceptors (Lipinski definition) is 2. The summed E-state index contributed by atoms with van der Waals surface area (Å²) in [6, 6.07) is 0. The van der Waals surface area contributed by atoms with Crippen LogP contribution < -0.4 is 5.32 Å². The molecule has 0 bridgehead atoms. The third-order valence-corrected chi connectivity index (χ3v) is 3.56. The zero-order valence-corrected chi connectivity index (χ0v) is 10.7. The van der Waals surface area contributed by atoms with Crippen LogP contribution in [0.3, 0.4) is 0 Å². The van der Waals surface area contributed by atoms with Gasteiger partial charge in [0.1, 0.15) is 0 Å². The molecule has 0 aromatic heterocycles.